The minimum atomic E-state index is -0.0755. The van der Waals surface area contributed by atoms with Gasteiger partial charge in [-0.25, -0.2) is 0 Å². The van der Waals surface area contributed by atoms with E-state index in [4.69, 9.17) is 4.52 Å². The predicted molar refractivity (Wildman–Crippen MR) is 88.4 cm³/mol. The molecular formula is C17H22N4O2. The molecule has 122 valence electrons. The summed E-state index contributed by atoms with van der Waals surface area (Å²) in [5.74, 6) is 1.64. The van der Waals surface area contributed by atoms with Crippen molar-refractivity contribution in [1.82, 2.24) is 10.1 Å². The molecule has 0 saturated carbocycles. The van der Waals surface area contributed by atoms with Crippen molar-refractivity contribution in [1.29, 1.82) is 0 Å². The molecule has 0 aliphatic carbocycles. The van der Waals surface area contributed by atoms with Crippen LogP contribution in [0.25, 0.3) is 0 Å². The van der Waals surface area contributed by atoms with Crippen LogP contribution in [0.15, 0.2) is 22.7 Å². The number of hydrogen-bond acceptors (Lipinski definition) is 5. The quantitative estimate of drug-likeness (QED) is 0.900. The third kappa shape index (κ3) is 3.52. The highest BCUT2D eigenvalue weighted by Gasteiger charge is 2.17. The molecular weight excluding hydrogens is 292 g/mol. The molecule has 2 heterocycles. The van der Waals surface area contributed by atoms with Crippen LogP contribution in [0.5, 0.6) is 0 Å². The summed E-state index contributed by atoms with van der Waals surface area (Å²) in [5.41, 5.74) is 3.05. The van der Waals surface area contributed by atoms with Gasteiger partial charge >= 0.3 is 0 Å². The number of benzene rings is 1. The summed E-state index contributed by atoms with van der Waals surface area (Å²) in [4.78, 5) is 16.0. The number of fused-ring (bicyclic) bond motifs is 1. The van der Waals surface area contributed by atoms with Crippen LogP contribution in [0, 0.1) is 0 Å². The first-order valence-electron chi connectivity index (χ1n) is 8.05. The van der Waals surface area contributed by atoms with E-state index in [-0.39, 0.29) is 17.9 Å². The maximum absolute atomic E-state index is 11.6. The van der Waals surface area contributed by atoms with Gasteiger partial charge in [-0.3, -0.25) is 4.79 Å². The number of rotatable bonds is 4. The first-order valence-corrected chi connectivity index (χ1v) is 8.05. The summed E-state index contributed by atoms with van der Waals surface area (Å²) in [5, 5.41) is 10.3. The summed E-state index contributed by atoms with van der Waals surface area (Å²) in [6.07, 6.45) is 2.35. The van der Waals surface area contributed by atoms with Crippen molar-refractivity contribution in [2.45, 2.75) is 52.0 Å². The highest BCUT2D eigenvalue weighted by molar-refractivity contribution is 5.92. The molecule has 3 rings (SSSR count). The molecule has 2 aromatic rings. The number of aryl methyl sites for hydroxylation is 1. The molecule has 0 spiro atoms. The second-order valence-electron chi connectivity index (χ2n) is 6.29. The second-order valence-corrected chi connectivity index (χ2v) is 6.29. The fraction of sp³-hybridized carbons (Fsp3) is 0.471. The Hall–Kier alpha value is -2.37. The van der Waals surface area contributed by atoms with Gasteiger partial charge in [0.25, 0.3) is 0 Å². The summed E-state index contributed by atoms with van der Waals surface area (Å²) in [7, 11) is 0. The van der Waals surface area contributed by atoms with E-state index >= 15 is 0 Å². The zero-order chi connectivity index (χ0) is 16.4. The molecule has 1 atom stereocenters. The van der Waals surface area contributed by atoms with Gasteiger partial charge < -0.3 is 15.2 Å². The Balaban J connectivity index is 1.74. The van der Waals surface area contributed by atoms with Gasteiger partial charge in [0.1, 0.15) is 6.04 Å². The van der Waals surface area contributed by atoms with E-state index in [0.29, 0.717) is 12.3 Å². The zero-order valence-corrected chi connectivity index (χ0v) is 13.7. The number of nitrogens with zero attached hydrogens (tertiary/aromatic N) is 2. The van der Waals surface area contributed by atoms with Gasteiger partial charge in [-0.2, -0.15) is 4.98 Å². The molecule has 1 aromatic carbocycles. The van der Waals surface area contributed by atoms with Crippen molar-refractivity contribution in [3.63, 3.8) is 0 Å². The average molecular weight is 314 g/mol. The molecule has 1 aliphatic rings. The van der Waals surface area contributed by atoms with E-state index in [0.717, 1.165) is 35.6 Å². The molecule has 0 bridgehead atoms. The van der Waals surface area contributed by atoms with Crippen LogP contribution in [0.4, 0.5) is 11.4 Å². The van der Waals surface area contributed by atoms with Crippen LogP contribution in [0.2, 0.25) is 0 Å². The molecule has 0 fully saturated rings. The molecule has 2 N–H and O–H groups in total. The minimum absolute atomic E-state index is 0.0755. The number of carbonyl (C=O) groups is 1. The second kappa shape index (κ2) is 6.40. The van der Waals surface area contributed by atoms with Crippen molar-refractivity contribution < 1.29 is 9.32 Å². The topological polar surface area (TPSA) is 80.0 Å². The van der Waals surface area contributed by atoms with Crippen LogP contribution in [0.3, 0.4) is 0 Å². The van der Waals surface area contributed by atoms with E-state index in [1.807, 2.05) is 32.9 Å². The number of anilines is 2. The lowest BCUT2D eigenvalue weighted by molar-refractivity contribution is -0.116. The van der Waals surface area contributed by atoms with Gasteiger partial charge in [0, 0.05) is 23.7 Å². The van der Waals surface area contributed by atoms with Gasteiger partial charge in [-0.1, -0.05) is 19.0 Å². The lowest BCUT2D eigenvalue weighted by Crippen LogP contribution is -2.10. The molecule has 1 aliphatic heterocycles. The van der Waals surface area contributed by atoms with Crippen molar-refractivity contribution in [3.8, 4) is 0 Å². The summed E-state index contributed by atoms with van der Waals surface area (Å²) >= 11 is 0. The Bertz CT molecular complexity index is 708. The standard InChI is InChI=1S/C17H22N4O2/c1-10(2)16-20-17(23-21-16)11(3)18-13-7-8-14-12(9-13)5-4-6-15(22)19-14/h7-11,18H,4-6H2,1-3H3,(H,19,22). The number of carbonyl (C=O) groups excluding carboxylic acids is 1. The van der Waals surface area contributed by atoms with E-state index < -0.39 is 0 Å². The molecule has 6 nitrogen and oxygen atoms in total. The Morgan fingerprint density at radius 3 is 2.83 bits per heavy atom. The van der Waals surface area contributed by atoms with E-state index in [2.05, 4.69) is 26.8 Å². The molecule has 0 saturated heterocycles. The first kappa shape index (κ1) is 15.5. The Kier molecular flexibility index (Phi) is 4.32. The molecule has 1 amide bonds. The van der Waals surface area contributed by atoms with E-state index in [9.17, 15) is 4.79 Å². The summed E-state index contributed by atoms with van der Waals surface area (Å²) in [6.45, 7) is 6.06. The first-order chi connectivity index (χ1) is 11.0. The van der Waals surface area contributed by atoms with Crippen LogP contribution >= 0.6 is 0 Å². The fourth-order valence-electron chi connectivity index (χ4n) is 2.63. The summed E-state index contributed by atoms with van der Waals surface area (Å²) in [6, 6.07) is 5.91. The number of hydrogen-bond donors (Lipinski definition) is 2. The highest BCUT2D eigenvalue weighted by Crippen LogP contribution is 2.27. The normalized spacial score (nSPS) is 15.7. The summed E-state index contributed by atoms with van der Waals surface area (Å²) < 4.78 is 5.33. The van der Waals surface area contributed by atoms with Crippen molar-refractivity contribution in [3.05, 3.63) is 35.5 Å². The lowest BCUT2D eigenvalue weighted by Gasteiger charge is -2.14. The molecule has 1 aromatic heterocycles. The molecule has 1 unspecified atom stereocenters. The van der Waals surface area contributed by atoms with Gasteiger partial charge in [-0.05, 0) is 43.5 Å². The van der Waals surface area contributed by atoms with E-state index in [1.54, 1.807) is 0 Å². The fourth-order valence-corrected chi connectivity index (χ4v) is 2.63. The highest BCUT2D eigenvalue weighted by atomic mass is 16.5. The largest absolute Gasteiger partial charge is 0.374 e. The average Bonchev–Trinajstić information content (AvgIpc) is 2.93. The number of aromatic nitrogens is 2. The Morgan fingerprint density at radius 2 is 2.09 bits per heavy atom. The van der Waals surface area contributed by atoms with Crippen LogP contribution < -0.4 is 10.6 Å². The van der Waals surface area contributed by atoms with Gasteiger partial charge in [0.05, 0.1) is 0 Å². The van der Waals surface area contributed by atoms with Gasteiger partial charge in [0.15, 0.2) is 5.82 Å². The lowest BCUT2D eigenvalue weighted by atomic mass is 10.1. The number of amides is 1. The Morgan fingerprint density at radius 1 is 1.26 bits per heavy atom. The minimum Gasteiger partial charge on any atom is -0.374 e. The Labute approximate surface area is 135 Å². The third-order valence-electron chi connectivity index (χ3n) is 3.96. The monoisotopic (exact) mass is 314 g/mol. The van der Waals surface area contributed by atoms with Gasteiger partial charge in [-0.15, -0.1) is 0 Å². The zero-order valence-electron chi connectivity index (χ0n) is 13.7. The maximum atomic E-state index is 11.6. The number of nitrogens with one attached hydrogen (secondary N) is 2. The smallest absolute Gasteiger partial charge is 0.248 e. The van der Waals surface area contributed by atoms with Gasteiger partial charge in [0.2, 0.25) is 11.8 Å². The predicted octanol–water partition coefficient (Wildman–Crippen LogP) is 3.64. The third-order valence-corrected chi connectivity index (χ3v) is 3.96. The van der Waals surface area contributed by atoms with Crippen molar-refractivity contribution in [2.75, 3.05) is 10.6 Å². The maximum Gasteiger partial charge on any atom is 0.248 e. The molecule has 0 radical (unpaired) electrons. The van der Waals surface area contributed by atoms with Crippen LogP contribution in [-0.2, 0) is 11.2 Å². The van der Waals surface area contributed by atoms with Crippen molar-refractivity contribution >= 4 is 17.3 Å². The molecule has 23 heavy (non-hydrogen) atoms. The van der Waals surface area contributed by atoms with Crippen molar-refractivity contribution in [2.24, 2.45) is 0 Å². The molecule has 6 heteroatoms. The SMILES string of the molecule is CC(C)c1noc(C(C)Nc2ccc3c(c2)CCCC(=O)N3)n1. The van der Waals surface area contributed by atoms with Crippen LogP contribution in [-0.4, -0.2) is 16.0 Å². The van der Waals surface area contributed by atoms with E-state index in [1.165, 1.54) is 0 Å². The van der Waals surface area contributed by atoms with Crippen LogP contribution in [0.1, 0.15) is 62.9 Å².